The van der Waals surface area contributed by atoms with Gasteiger partial charge in [0.25, 0.3) is 0 Å². The molecule has 0 amide bonds. The Kier molecular flexibility index (Phi) is 6.92. The number of carbonyl (C=O) groups excluding carboxylic acids is 2. The summed E-state index contributed by atoms with van der Waals surface area (Å²) in [6, 6.07) is 0. The highest BCUT2D eigenvalue weighted by molar-refractivity contribution is 5.87. The lowest BCUT2D eigenvalue weighted by molar-refractivity contribution is -0.136. The maximum atomic E-state index is 11.0. The topological polar surface area (TPSA) is 52.6 Å². The van der Waals surface area contributed by atoms with Crippen LogP contribution in [0.2, 0.25) is 0 Å². The summed E-state index contributed by atoms with van der Waals surface area (Å²) in [6.07, 6.45) is 4.64. The van der Waals surface area contributed by atoms with Gasteiger partial charge in [0.1, 0.15) is 0 Å². The molecule has 4 heteroatoms. The molecule has 0 aliphatic carbocycles. The van der Waals surface area contributed by atoms with Crippen LogP contribution < -0.4 is 0 Å². The monoisotopic (exact) mass is 226 g/mol. The molecule has 0 aromatic rings. The zero-order valence-electron chi connectivity index (χ0n) is 10.2. The van der Waals surface area contributed by atoms with Gasteiger partial charge in [-0.1, -0.05) is 11.6 Å². The standard InChI is InChI=1S/C12H18O4/c1-9(8-11(13)15-3)6-5-7-10(2)12(14)16-4/h7-8H,5-6H2,1-4H3/b9-8-,10-7-. The highest BCUT2D eigenvalue weighted by Gasteiger charge is 2.02. The highest BCUT2D eigenvalue weighted by atomic mass is 16.5. The predicted molar refractivity (Wildman–Crippen MR) is 60.8 cm³/mol. The summed E-state index contributed by atoms with van der Waals surface area (Å²) in [5.41, 5.74) is 1.49. The van der Waals surface area contributed by atoms with E-state index in [9.17, 15) is 9.59 Å². The molecule has 0 atom stereocenters. The van der Waals surface area contributed by atoms with E-state index in [2.05, 4.69) is 9.47 Å². The smallest absolute Gasteiger partial charge is 0.333 e. The first-order chi connectivity index (χ1) is 7.51. The van der Waals surface area contributed by atoms with Gasteiger partial charge in [0.2, 0.25) is 0 Å². The lowest BCUT2D eigenvalue weighted by atomic mass is 10.1. The molecule has 0 fully saturated rings. The maximum Gasteiger partial charge on any atom is 0.333 e. The van der Waals surface area contributed by atoms with Gasteiger partial charge in [0, 0.05) is 11.6 Å². The highest BCUT2D eigenvalue weighted by Crippen LogP contribution is 2.07. The number of ether oxygens (including phenoxy) is 2. The van der Waals surface area contributed by atoms with E-state index in [1.165, 1.54) is 20.3 Å². The van der Waals surface area contributed by atoms with Gasteiger partial charge in [-0.3, -0.25) is 0 Å². The minimum atomic E-state index is -0.355. The van der Waals surface area contributed by atoms with Crippen molar-refractivity contribution in [1.82, 2.24) is 0 Å². The number of esters is 2. The summed E-state index contributed by atoms with van der Waals surface area (Å²) in [5, 5.41) is 0. The van der Waals surface area contributed by atoms with Gasteiger partial charge in [-0.05, 0) is 26.7 Å². The lowest BCUT2D eigenvalue weighted by Gasteiger charge is -2.00. The van der Waals surface area contributed by atoms with Crippen LogP contribution in [0.5, 0.6) is 0 Å². The molecule has 0 heterocycles. The van der Waals surface area contributed by atoms with E-state index in [1.54, 1.807) is 13.0 Å². The number of methoxy groups -OCH3 is 2. The SMILES string of the molecule is COC(=O)/C=C(/C)CC/C=C(/C)C(=O)OC. The van der Waals surface area contributed by atoms with Gasteiger partial charge < -0.3 is 9.47 Å². The van der Waals surface area contributed by atoms with Crippen LogP contribution >= 0.6 is 0 Å². The molecular formula is C12H18O4. The first kappa shape index (κ1) is 14.4. The van der Waals surface area contributed by atoms with Crippen LogP contribution in [0, 0.1) is 0 Å². The van der Waals surface area contributed by atoms with Crippen molar-refractivity contribution >= 4 is 11.9 Å². The summed E-state index contributed by atoms with van der Waals surface area (Å²) in [7, 11) is 2.69. The third-order valence-corrected chi connectivity index (χ3v) is 2.06. The Morgan fingerprint density at radius 1 is 1.12 bits per heavy atom. The van der Waals surface area contributed by atoms with Gasteiger partial charge in [0.05, 0.1) is 14.2 Å². The zero-order valence-corrected chi connectivity index (χ0v) is 10.2. The van der Waals surface area contributed by atoms with Gasteiger partial charge in [-0.15, -0.1) is 0 Å². The zero-order chi connectivity index (χ0) is 12.6. The van der Waals surface area contributed by atoms with Crippen LogP contribution in [0.15, 0.2) is 23.3 Å². The van der Waals surface area contributed by atoms with Crippen molar-refractivity contribution in [3.05, 3.63) is 23.3 Å². The van der Waals surface area contributed by atoms with Crippen LogP contribution in [-0.2, 0) is 19.1 Å². The fraction of sp³-hybridized carbons (Fsp3) is 0.500. The van der Waals surface area contributed by atoms with Crippen molar-refractivity contribution in [3.63, 3.8) is 0 Å². The van der Waals surface area contributed by atoms with E-state index in [-0.39, 0.29) is 11.9 Å². The molecule has 0 aromatic carbocycles. The van der Waals surface area contributed by atoms with E-state index in [0.717, 1.165) is 5.57 Å². The molecule has 0 N–H and O–H groups in total. The van der Waals surface area contributed by atoms with Crippen LogP contribution in [-0.4, -0.2) is 26.2 Å². The first-order valence-corrected chi connectivity index (χ1v) is 5.01. The normalized spacial score (nSPS) is 12.2. The summed E-state index contributed by atoms with van der Waals surface area (Å²) in [5.74, 6) is -0.680. The molecule has 0 aliphatic rings. The number of rotatable bonds is 5. The summed E-state index contributed by atoms with van der Waals surface area (Å²) in [4.78, 5) is 21.9. The fourth-order valence-corrected chi connectivity index (χ4v) is 1.09. The van der Waals surface area contributed by atoms with E-state index in [0.29, 0.717) is 18.4 Å². The molecule has 0 spiro atoms. The van der Waals surface area contributed by atoms with Gasteiger partial charge >= 0.3 is 11.9 Å². The van der Waals surface area contributed by atoms with Crippen molar-refractivity contribution in [3.8, 4) is 0 Å². The van der Waals surface area contributed by atoms with Crippen molar-refractivity contribution < 1.29 is 19.1 Å². The van der Waals surface area contributed by atoms with Crippen LogP contribution in [0.3, 0.4) is 0 Å². The predicted octanol–water partition coefficient (Wildman–Crippen LogP) is 2.01. The van der Waals surface area contributed by atoms with Gasteiger partial charge in [-0.2, -0.15) is 0 Å². The summed E-state index contributed by atoms with van der Waals surface area (Å²) in [6.45, 7) is 3.55. The second-order valence-electron chi connectivity index (χ2n) is 3.43. The molecule has 0 rings (SSSR count). The molecule has 0 radical (unpaired) electrons. The fourth-order valence-electron chi connectivity index (χ4n) is 1.09. The number of carbonyl (C=O) groups is 2. The molecule has 0 saturated heterocycles. The van der Waals surface area contributed by atoms with Crippen LogP contribution in [0.1, 0.15) is 26.7 Å². The number of allylic oxidation sites excluding steroid dienone is 2. The van der Waals surface area contributed by atoms with Crippen molar-refractivity contribution in [2.75, 3.05) is 14.2 Å². The Hall–Kier alpha value is -1.58. The first-order valence-electron chi connectivity index (χ1n) is 5.01. The third kappa shape index (κ3) is 6.01. The van der Waals surface area contributed by atoms with Crippen molar-refractivity contribution in [2.45, 2.75) is 26.7 Å². The Balaban J connectivity index is 4.12. The molecule has 0 aliphatic heterocycles. The number of hydrogen-bond donors (Lipinski definition) is 0. The Morgan fingerprint density at radius 2 is 1.75 bits per heavy atom. The Bertz CT molecular complexity index is 313. The largest absolute Gasteiger partial charge is 0.466 e. The minimum absolute atomic E-state index is 0.324. The van der Waals surface area contributed by atoms with Crippen molar-refractivity contribution in [1.29, 1.82) is 0 Å². The van der Waals surface area contributed by atoms with Crippen molar-refractivity contribution in [2.24, 2.45) is 0 Å². The Morgan fingerprint density at radius 3 is 2.25 bits per heavy atom. The molecule has 0 bridgehead atoms. The van der Waals surface area contributed by atoms with E-state index in [1.807, 2.05) is 6.92 Å². The summed E-state index contributed by atoms with van der Waals surface area (Å²) < 4.78 is 9.05. The van der Waals surface area contributed by atoms with Gasteiger partial charge in [-0.25, -0.2) is 9.59 Å². The van der Waals surface area contributed by atoms with E-state index >= 15 is 0 Å². The molecule has 16 heavy (non-hydrogen) atoms. The minimum Gasteiger partial charge on any atom is -0.466 e. The second-order valence-corrected chi connectivity index (χ2v) is 3.43. The molecule has 90 valence electrons. The molecular weight excluding hydrogens is 208 g/mol. The summed E-state index contributed by atoms with van der Waals surface area (Å²) >= 11 is 0. The quantitative estimate of drug-likeness (QED) is 0.531. The molecule has 0 aromatic heterocycles. The number of hydrogen-bond acceptors (Lipinski definition) is 4. The second kappa shape index (κ2) is 7.68. The molecule has 0 unspecified atom stereocenters. The average Bonchev–Trinajstić information content (AvgIpc) is 2.27. The third-order valence-electron chi connectivity index (χ3n) is 2.06. The maximum absolute atomic E-state index is 11.0. The van der Waals surface area contributed by atoms with Crippen LogP contribution in [0.25, 0.3) is 0 Å². The average molecular weight is 226 g/mol. The molecule has 0 saturated carbocycles. The molecule has 4 nitrogen and oxygen atoms in total. The van der Waals surface area contributed by atoms with Gasteiger partial charge in [0.15, 0.2) is 0 Å². The van der Waals surface area contributed by atoms with Crippen LogP contribution in [0.4, 0.5) is 0 Å². The van der Waals surface area contributed by atoms with E-state index in [4.69, 9.17) is 0 Å². The Labute approximate surface area is 95.9 Å². The lowest BCUT2D eigenvalue weighted by Crippen LogP contribution is -2.01. The van der Waals surface area contributed by atoms with E-state index < -0.39 is 0 Å².